The van der Waals surface area contributed by atoms with Crippen LogP contribution in [0.1, 0.15) is 33.6 Å². The maximum atomic E-state index is 13.3. The van der Waals surface area contributed by atoms with Crippen LogP contribution in [0.4, 0.5) is 14.9 Å². The molecule has 2 rings (SSSR count). The molecule has 1 amide bonds. The van der Waals surface area contributed by atoms with Gasteiger partial charge in [0.2, 0.25) is 0 Å². The van der Waals surface area contributed by atoms with Crippen LogP contribution in [0.15, 0.2) is 18.2 Å². The first-order valence-corrected chi connectivity index (χ1v) is 7.82. The summed E-state index contributed by atoms with van der Waals surface area (Å²) in [5.41, 5.74) is 0.106. The van der Waals surface area contributed by atoms with E-state index < -0.39 is 5.60 Å². The fourth-order valence-electron chi connectivity index (χ4n) is 2.50. The number of likely N-dealkylation sites (tertiary alicyclic amines) is 1. The molecule has 1 saturated heterocycles. The van der Waals surface area contributed by atoms with E-state index in [0.717, 1.165) is 12.8 Å². The standard InChI is InChI=1S/C16H22ClFN2O2/c1-16(2,3)22-15(21)20-6-4-5-14(20)10-19-13-8-11(17)7-12(18)9-13/h7-9,14,19H,4-6,10H2,1-3H3. The second-order valence-electron chi connectivity index (χ2n) is 6.51. The minimum absolute atomic E-state index is 0.0388. The largest absolute Gasteiger partial charge is 0.444 e. The molecule has 1 aliphatic heterocycles. The third-order valence-corrected chi connectivity index (χ3v) is 3.63. The minimum Gasteiger partial charge on any atom is -0.444 e. The third-order valence-electron chi connectivity index (χ3n) is 3.41. The van der Waals surface area contributed by atoms with Crippen LogP contribution in [-0.2, 0) is 4.74 Å². The van der Waals surface area contributed by atoms with Crippen molar-refractivity contribution in [2.75, 3.05) is 18.4 Å². The van der Waals surface area contributed by atoms with Gasteiger partial charge in [0.25, 0.3) is 0 Å². The molecule has 22 heavy (non-hydrogen) atoms. The second kappa shape index (κ2) is 6.73. The summed E-state index contributed by atoms with van der Waals surface area (Å²) in [7, 11) is 0. The van der Waals surface area contributed by atoms with Gasteiger partial charge in [-0.3, -0.25) is 0 Å². The molecular weight excluding hydrogens is 307 g/mol. The van der Waals surface area contributed by atoms with Gasteiger partial charge in [0.15, 0.2) is 0 Å². The van der Waals surface area contributed by atoms with Crippen LogP contribution < -0.4 is 5.32 Å². The number of benzene rings is 1. The molecule has 0 aromatic heterocycles. The van der Waals surface area contributed by atoms with Gasteiger partial charge < -0.3 is 15.0 Å². The van der Waals surface area contributed by atoms with Gasteiger partial charge in [-0.1, -0.05) is 11.6 Å². The molecule has 1 unspecified atom stereocenters. The monoisotopic (exact) mass is 328 g/mol. The zero-order valence-electron chi connectivity index (χ0n) is 13.2. The Morgan fingerprint density at radius 3 is 2.82 bits per heavy atom. The Kier molecular flexibility index (Phi) is 5.16. The summed E-state index contributed by atoms with van der Waals surface area (Å²) in [6.07, 6.45) is 1.54. The zero-order chi connectivity index (χ0) is 16.3. The van der Waals surface area contributed by atoms with E-state index in [1.807, 2.05) is 20.8 Å². The molecule has 1 N–H and O–H groups in total. The van der Waals surface area contributed by atoms with Gasteiger partial charge in [0.1, 0.15) is 11.4 Å². The van der Waals surface area contributed by atoms with Crippen molar-refractivity contribution in [2.45, 2.75) is 45.3 Å². The van der Waals surface area contributed by atoms with Gasteiger partial charge in [-0.15, -0.1) is 0 Å². The number of hydrogen-bond acceptors (Lipinski definition) is 3. The molecule has 1 aromatic carbocycles. The SMILES string of the molecule is CC(C)(C)OC(=O)N1CCCC1CNc1cc(F)cc(Cl)c1. The second-order valence-corrected chi connectivity index (χ2v) is 6.95. The Morgan fingerprint density at radius 2 is 2.18 bits per heavy atom. The molecule has 1 fully saturated rings. The summed E-state index contributed by atoms with van der Waals surface area (Å²) in [5, 5.41) is 3.49. The number of carbonyl (C=O) groups is 1. The third kappa shape index (κ3) is 4.77. The normalized spacial score (nSPS) is 18.4. The summed E-state index contributed by atoms with van der Waals surface area (Å²) in [6.45, 7) is 6.78. The summed E-state index contributed by atoms with van der Waals surface area (Å²) in [4.78, 5) is 13.9. The fraction of sp³-hybridized carbons (Fsp3) is 0.562. The van der Waals surface area contributed by atoms with Crippen molar-refractivity contribution in [3.8, 4) is 0 Å². The van der Waals surface area contributed by atoms with E-state index in [1.54, 1.807) is 11.0 Å². The molecular formula is C16H22ClFN2O2. The molecule has 0 radical (unpaired) electrons. The Labute approximate surface area is 135 Å². The summed E-state index contributed by atoms with van der Waals surface area (Å²) in [6, 6.07) is 4.35. The average molecular weight is 329 g/mol. The molecule has 0 saturated carbocycles. The van der Waals surface area contributed by atoms with Crippen LogP contribution in [0.5, 0.6) is 0 Å². The Bertz CT molecular complexity index is 525. The maximum absolute atomic E-state index is 13.3. The lowest BCUT2D eigenvalue weighted by atomic mass is 10.2. The number of nitrogens with zero attached hydrogens (tertiary/aromatic N) is 1. The van der Waals surface area contributed by atoms with Crippen molar-refractivity contribution in [2.24, 2.45) is 0 Å². The zero-order valence-corrected chi connectivity index (χ0v) is 13.9. The van der Waals surface area contributed by atoms with Crippen molar-refractivity contribution >= 4 is 23.4 Å². The van der Waals surface area contributed by atoms with Crippen LogP contribution >= 0.6 is 11.6 Å². The van der Waals surface area contributed by atoms with E-state index >= 15 is 0 Å². The van der Waals surface area contributed by atoms with E-state index in [1.165, 1.54) is 12.1 Å². The van der Waals surface area contributed by atoms with Gasteiger partial charge in [0.05, 0.1) is 6.04 Å². The van der Waals surface area contributed by atoms with Gasteiger partial charge in [-0.05, 0) is 51.8 Å². The maximum Gasteiger partial charge on any atom is 0.410 e. The van der Waals surface area contributed by atoms with Crippen molar-refractivity contribution in [3.05, 3.63) is 29.0 Å². The quantitative estimate of drug-likeness (QED) is 0.900. The van der Waals surface area contributed by atoms with Crippen molar-refractivity contribution < 1.29 is 13.9 Å². The van der Waals surface area contributed by atoms with E-state index in [2.05, 4.69) is 5.32 Å². The predicted molar refractivity (Wildman–Crippen MR) is 85.9 cm³/mol. The number of anilines is 1. The van der Waals surface area contributed by atoms with E-state index in [-0.39, 0.29) is 18.0 Å². The molecule has 122 valence electrons. The van der Waals surface area contributed by atoms with Crippen LogP contribution in [-0.4, -0.2) is 35.7 Å². The lowest BCUT2D eigenvalue weighted by Crippen LogP contribution is -2.42. The summed E-state index contributed by atoms with van der Waals surface area (Å²) >= 11 is 5.83. The van der Waals surface area contributed by atoms with E-state index in [0.29, 0.717) is 23.8 Å². The van der Waals surface area contributed by atoms with Crippen LogP contribution in [0.3, 0.4) is 0 Å². The molecule has 1 aliphatic rings. The van der Waals surface area contributed by atoms with Crippen LogP contribution in [0, 0.1) is 5.82 Å². The number of carbonyl (C=O) groups excluding carboxylic acids is 1. The smallest absolute Gasteiger partial charge is 0.410 e. The summed E-state index contributed by atoms with van der Waals surface area (Å²) in [5.74, 6) is -0.384. The number of halogens is 2. The molecule has 6 heteroatoms. The molecule has 0 aliphatic carbocycles. The van der Waals surface area contributed by atoms with Crippen molar-refractivity contribution in [1.29, 1.82) is 0 Å². The number of hydrogen-bond donors (Lipinski definition) is 1. The lowest BCUT2D eigenvalue weighted by Gasteiger charge is -2.29. The van der Waals surface area contributed by atoms with Gasteiger partial charge in [-0.2, -0.15) is 0 Å². The van der Waals surface area contributed by atoms with Crippen molar-refractivity contribution in [1.82, 2.24) is 4.90 Å². The molecule has 1 atom stereocenters. The predicted octanol–water partition coefficient (Wildman–Crippen LogP) is 4.29. The van der Waals surface area contributed by atoms with Gasteiger partial charge >= 0.3 is 6.09 Å². The fourth-order valence-corrected chi connectivity index (χ4v) is 2.72. The molecule has 1 aromatic rings. The number of amides is 1. The number of rotatable bonds is 3. The highest BCUT2D eigenvalue weighted by Gasteiger charge is 2.31. The molecule has 4 nitrogen and oxygen atoms in total. The highest BCUT2D eigenvalue weighted by molar-refractivity contribution is 6.30. The Morgan fingerprint density at radius 1 is 1.45 bits per heavy atom. The van der Waals surface area contributed by atoms with E-state index in [9.17, 15) is 9.18 Å². The molecule has 1 heterocycles. The van der Waals surface area contributed by atoms with Gasteiger partial charge in [0, 0.05) is 23.8 Å². The number of ether oxygens (including phenoxy) is 1. The first kappa shape index (κ1) is 16.9. The van der Waals surface area contributed by atoms with E-state index in [4.69, 9.17) is 16.3 Å². The highest BCUT2D eigenvalue weighted by Crippen LogP contribution is 2.23. The lowest BCUT2D eigenvalue weighted by molar-refractivity contribution is 0.0235. The number of nitrogens with one attached hydrogen (secondary N) is 1. The first-order valence-electron chi connectivity index (χ1n) is 7.44. The topological polar surface area (TPSA) is 41.6 Å². The first-order chi connectivity index (χ1) is 10.2. The molecule has 0 spiro atoms. The Hall–Kier alpha value is -1.49. The summed E-state index contributed by atoms with van der Waals surface area (Å²) < 4.78 is 18.7. The van der Waals surface area contributed by atoms with Gasteiger partial charge in [-0.25, -0.2) is 9.18 Å². The van der Waals surface area contributed by atoms with Crippen LogP contribution in [0.2, 0.25) is 5.02 Å². The van der Waals surface area contributed by atoms with Crippen LogP contribution in [0.25, 0.3) is 0 Å². The Balaban J connectivity index is 1.95. The molecule has 0 bridgehead atoms. The average Bonchev–Trinajstić information content (AvgIpc) is 2.81. The van der Waals surface area contributed by atoms with Crippen molar-refractivity contribution in [3.63, 3.8) is 0 Å². The highest BCUT2D eigenvalue weighted by atomic mass is 35.5. The minimum atomic E-state index is -0.506.